The highest BCUT2D eigenvalue weighted by Crippen LogP contribution is 2.70. The van der Waals surface area contributed by atoms with Crippen molar-refractivity contribution in [1.29, 1.82) is 0 Å². The van der Waals surface area contributed by atoms with Crippen LogP contribution in [0.4, 0.5) is 0 Å². The lowest BCUT2D eigenvalue weighted by Gasteiger charge is -2.65. The van der Waals surface area contributed by atoms with Gasteiger partial charge in [0.05, 0.1) is 0 Å². The summed E-state index contributed by atoms with van der Waals surface area (Å²) in [6, 6.07) is 0. The Hall–Kier alpha value is -0.860. The van der Waals surface area contributed by atoms with Crippen molar-refractivity contribution < 1.29 is 14.3 Å². The maximum Gasteiger partial charge on any atom is 0.302 e. The zero-order valence-corrected chi connectivity index (χ0v) is 22.3. The SMILES string of the molecule is CC[C@H]1[C@@H](OC(C)=O)[C@@H]2[C@H](CC[C@]3(C)[C@@H]([C@H](C)CCCC=O)CC[C@@H]23)[C@@]2(C)CC[C@@H](C)C[C@@H]12. The maximum atomic E-state index is 12.4. The van der Waals surface area contributed by atoms with Crippen molar-refractivity contribution in [3.63, 3.8) is 0 Å². The molecule has 0 amide bonds. The quantitative estimate of drug-likeness (QED) is 0.226. The van der Waals surface area contributed by atoms with Gasteiger partial charge in [-0.1, -0.05) is 47.5 Å². The fraction of sp³-hybridized carbons (Fsp3) is 0.933. The van der Waals surface area contributed by atoms with Crippen molar-refractivity contribution in [2.75, 3.05) is 0 Å². The van der Waals surface area contributed by atoms with Crippen LogP contribution in [0.1, 0.15) is 112 Å². The molecule has 0 aliphatic heterocycles. The van der Waals surface area contributed by atoms with Crippen LogP contribution in [0.15, 0.2) is 0 Å². The van der Waals surface area contributed by atoms with Crippen LogP contribution in [0.2, 0.25) is 0 Å². The molecule has 33 heavy (non-hydrogen) atoms. The van der Waals surface area contributed by atoms with Gasteiger partial charge in [0, 0.05) is 19.3 Å². The second kappa shape index (κ2) is 9.65. The first-order valence-electron chi connectivity index (χ1n) is 14.3. The van der Waals surface area contributed by atoms with E-state index in [2.05, 4.69) is 34.6 Å². The molecule has 4 aliphatic carbocycles. The van der Waals surface area contributed by atoms with Crippen molar-refractivity contribution >= 4 is 12.3 Å². The van der Waals surface area contributed by atoms with E-state index in [0.717, 1.165) is 31.0 Å². The first-order chi connectivity index (χ1) is 15.7. The summed E-state index contributed by atoms with van der Waals surface area (Å²) in [7, 11) is 0. The van der Waals surface area contributed by atoms with Crippen LogP contribution >= 0.6 is 0 Å². The predicted octanol–water partition coefficient (Wildman–Crippen LogP) is 7.46. The van der Waals surface area contributed by atoms with Gasteiger partial charge in [0.1, 0.15) is 12.4 Å². The molecule has 0 aromatic carbocycles. The fourth-order valence-electron chi connectivity index (χ4n) is 10.2. The summed E-state index contributed by atoms with van der Waals surface area (Å²) in [6.45, 7) is 14.1. The molecule has 4 aliphatic rings. The summed E-state index contributed by atoms with van der Waals surface area (Å²) >= 11 is 0. The van der Waals surface area contributed by atoms with Crippen LogP contribution < -0.4 is 0 Å². The molecule has 4 fully saturated rings. The number of unbranched alkanes of at least 4 members (excludes halogenated alkanes) is 1. The molecular formula is C30H50O3. The van der Waals surface area contributed by atoms with Crippen LogP contribution in [-0.2, 0) is 14.3 Å². The molecule has 4 rings (SSSR count). The molecule has 0 aromatic rings. The van der Waals surface area contributed by atoms with Gasteiger partial charge in [-0.3, -0.25) is 4.79 Å². The van der Waals surface area contributed by atoms with Crippen molar-refractivity contribution in [1.82, 2.24) is 0 Å². The van der Waals surface area contributed by atoms with E-state index in [1.807, 2.05) is 0 Å². The number of carbonyl (C=O) groups excluding carboxylic acids is 2. The van der Waals surface area contributed by atoms with Crippen molar-refractivity contribution in [3.05, 3.63) is 0 Å². The van der Waals surface area contributed by atoms with Gasteiger partial charge in [0.2, 0.25) is 0 Å². The first-order valence-corrected chi connectivity index (χ1v) is 14.3. The lowest BCUT2D eigenvalue weighted by atomic mass is 9.41. The third-order valence-electron chi connectivity index (χ3n) is 11.7. The number of rotatable bonds is 7. The average molecular weight is 459 g/mol. The molecule has 0 N–H and O–H groups in total. The van der Waals surface area contributed by atoms with E-state index in [9.17, 15) is 9.59 Å². The second-order valence-electron chi connectivity index (χ2n) is 13.2. The lowest BCUT2D eigenvalue weighted by Crippen LogP contribution is -2.62. The van der Waals surface area contributed by atoms with Gasteiger partial charge in [0.25, 0.3) is 0 Å². The minimum Gasteiger partial charge on any atom is -0.462 e. The molecular weight excluding hydrogens is 408 g/mol. The molecule has 3 nitrogen and oxygen atoms in total. The van der Waals surface area contributed by atoms with E-state index in [-0.39, 0.29) is 12.1 Å². The molecule has 0 unspecified atom stereocenters. The number of hydrogen-bond acceptors (Lipinski definition) is 3. The Morgan fingerprint density at radius 1 is 1.06 bits per heavy atom. The maximum absolute atomic E-state index is 12.4. The highest BCUT2D eigenvalue weighted by atomic mass is 16.5. The van der Waals surface area contributed by atoms with E-state index < -0.39 is 0 Å². The number of fused-ring (bicyclic) bond motifs is 5. The van der Waals surface area contributed by atoms with Gasteiger partial charge < -0.3 is 9.53 Å². The Kier molecular flexibility index (Phi) is 7.38. The summed E-state index contributed by atoms with van der Waals surface area (Å²) in [5.41, 5.74) is 0.757. The highest BCUT2D eigenvalue weighted by Gasteiger charge is 2.65. The smallest absolute Gasteiger partial charge is 0.302 e. The summed E-state index contributed by atoms with van der Waals surface area (Å²) in [4.78, 5) is 23.3. The van der Waals surface area contributed by atoms with Gasteiger partial charge in [-0.25, -0.2) is 0 Å². The molecule has 0 heterocycles. The monoisotopic (exact) mass is 458 g/mol. The number of hydrogen-bond donors (Lipinski definition) is 0. The minimum absolute atomic E-state index is 0.0753. The Balaban J connectivity index is 1.67. The van der Waals surface area contributed by atoms with Crippen LogP contribution in [0.25, 0.3) is 0 Å². The van der Waals surface area contributed by atoms with Crippen LogP contribution in [0, 0.1) is 58.2 Å². The predicted molar refractivity (Wildman–Crippen MR) is 134 cm³/mol. The van der Waals surface area contributed by atoms with E-state index in [0.29, 0.717) is 52.8 Å². The van der Waals surface area contributed by atoms with Crippen molar-refractivity contribution in [2.45, 2.75) is 118 Å². The van der Waals surface area contributed by atoms with Crippen molar-refractivity contribution in [3.8, 4) is 0 Å². The van der Waals surface area contributed by atoms with Crippen molar-refractivity contribution in [2.24, 2.45) is 58.2 Å². The number of esters is 1. The summed E-state index contributed by atoms with van der Waals surface area (Å²) < 4.78 is 6.34. The number of carbonyl (C=O) groups is 2. The molecule has 0 bridgehead atoms. The molecule has 3 heteroatoms. The largest absolute Gasteiger partial charge is 0.462 e. The van der Waals surface area contributed by atoms with Gasteiger partial charge in [0.15, 0.2) is 0 Å². The standard InChI is InChI=1S/C30H50O3/c1-7-22-26-18-19(2)13-15-30(26,6)25-14-16-29(5)23(20(3)10-8-9-17-31)11-12-24(29)27(25)28(22)33-21(4)32/h17,19-20,22-28H,7-16,18H2,1-6H3/t19-,20-,22-,23-,24+,25+,26+,27+,28-,29-,30-/m1/s1. The summed E-state index contributed by atoms with van der Waals surface area (Å²) in [5.74, 6) is 5.24. The third kappa shape index (κ3) is 4.22. The Labute approximate surface area is 203 Å². The van der Waals surface area contributed by atoms with Crippen LogP contribution in [0.5, 0.6) is 0 Å². The Morgan fingerprint density at radius 3 is 2.42 bits per heavy atom. The first kappa shape index (κ1) is 25.2. The highest BCUT2D eigenvalue weighted by molar-refractivity contribution is 5.66. The average Bonchev–Trinajstić information content (AvgIpc) is 3.12. The number of aldehydes is 1. The van der Waals surface area contributed by atoms with E-state index in [1.54, 1.807) is 6.92 Å². The molecule has 0 aromatic heterocycles. The number of ether oxygens (including phenoxy) is 1. The molecule has 188 valence electrons. The normalized spacial score (nSPS) is 47.7. The Morgan fingerprint density at radius 2 is 1.76 bits per heavy atom. The molecule has 0 radical (unpaired) electrons. The van der Waals surface area contributed by atoms with Gasteiger partial charge in [-0.05, 0) is 104 Å². The van der Waals surface area contributed by atoms with E-state index in [4.69, 9.17) is 4.74 Å². The van der Waals surface area contributed by atoms with Gasteiger partial charge in [-0.2, -0.15) is 0 Å². The van der Waals surface area contributed by atoms with Gasteiger partial charge >= 0.3 is 5.97 Å². The molecule has 0 saturated heterocycles. The zero-order valence-electron chi connectivity index (χ0n) is 22.3. The summed E-state index contributed by atoms with van der Waals surface area (Å²) in [5, 5.41) is 0. The zero-order chi connectivity index (χ0) is 24.0. The lowest BCUT2D eigenvalue weighted by molar-refractivity contribution is -0.213. The topological polar surface area (TPSA) is 43.4 Å². The van der Waals surface area contributed by atoms with Crippen LogP contribution in [0.3, 0.4) is 0 Å². The molecule has 4 saturated carbocycles. The van der Waals surface area contributed by atoms with E-state index >= 15 is 0 Å². The molecule has 11 atom stereocenters. The van der Waals surface area contributed by atoms with Crippen LogP contribution in [-0.4, -0.2) is 18.4 Å². The summed E-state index contributed by atoms with van der Waals surface area (Å²) in [6.07, 6.45) is 14.5. The van der Waals surface area contributed by atoms with E-state index in [1.165, 1.54) is 51.4 Å². The molecule has 0 spiro atoms. The third-order valence-corrected chi connectivity index (χ3v) is 11.7. The fourth-order valence-corrected chi connectivity index (χ4v) is 10.2. The second-order valence-corrected chi connectivity index (χ2v) is 13.2. The minimum atomic E-state index is -0.0753. The Bertz CT molecular complexity index is 717. The van der Waals surface area contributed by atoms with Gasteiger partial charge in [-0.15, -0.1) is 0 Å².